The van der Waals surface area contributed by atoms with E-state index < -0.39 is 0 Å². The fourth-order valence-corrected chi connectivity index (χ4v) is 3.88. The third-order valence-corrected chi connectivity index (χ3v) is 6.56. The molecule has 9 heteroatoms. The molecular weight excluding hydrogens is 468 g/mol. The highest BCUT2D eigenvalue weighted by atomic mass is 79.9. The maximum atomic E-state index is 12.4. The van der Waals surface area contributed by atoms with E-state index in [-0.39, 0.29) is 18.3 Å². The van der Waals surface area contributed by atoms with Crippen LogP contribution >= 0.6 is 27.7 Å². The largest absolute Gasteiger partial charge is 0.493 e. The molecule has 7 nitrogen and oxygen atoms in total. The van der Waals surface area contributed by atoms with Crippen LogP contribution in [0.15, 0.2) is 46.0 Å². The number of hydrogen-bond donors (Lipinski definition) is 1. The van der Waals surface area contributed by atoms with Gasteiger partial charge in [0.15, 0.2) is 22.5 Å². The van der Waals surface area contributed by atoms with E-state index in [0.717, 1.165) is 21.3 Å². The molecule has 1 heterocycles. The molecule has 0 saturated carbocycles. The van der Waals surface area contributed by atoms with Gasteiger partial charge in [-0.3, -0.25) is 4.79 Å². The van der Waals surface area contributed by atoms with Crippen molar-refractivity contribution >= 4 is 39.3 Å². The molecule has 3 aromatic rings. The first-order valence-corrected chi connectivity index (χ1v) is 11.0. The quantitative estimate of drug-likeness (QED) is 0.467. The van der Waals surface area contributed by atoms with Crippen molar-refractivity contribution in [3.63, 3.8) is 0 Å². The Morgan fingerprint density at radius 1 is 1.13 bits per heavy atom. The predicted molar refractivity (Wildman–Crippen MR) is 121 cm³/mol. The van der Waals surface area contributed by atoms with Gasteiger partial charge in [0.1, 0.15) is 6.61 Å². The smallest absolute Gasteiger partial charge is 0.234 e. The Morgan fingerprint density at radius 2 is 1.87 bits per heavy atom. The number of aromatic nitrogens is 3. The first-order valence-electron chi connectivity index (χ1n) is 9.23. The molecule has 0 saturated heterocycles. The maximum absolute atomic E-state index is 12.4. The molecule has 1 aromatic heterocycles. The second kappa shape index (κ2) is 9.99. The number of nitrogens with one attached hydrogen (secondary N) is 1. The molecule has 0 aliphatic heterocycles. The summed E-state index contributed by atoms with van der Waals surface area (Å²) in [7, 11) is 3.45. The predicted octanol–water partition coefficient (Wildman–Crippen LogP) is 4.51. The lowest BCUT2D eigenvalue weighted by Crippen LogP contribution is -2.15. The third kappa shape index (κ3) is 5.14. The molecule has 1 amide bonds. The van der Waals surface area contributed by atoms with Gasteiger partial charge in [0.05, 0.1) is 12.9 Å². The molecule has 0 unspecified atom stereocenters. The number of methoxy groups -OCH3 is 1. The molecular formula is C21H23BrN4O3S. The van der Waals surface area contributed by atoms with Gasteiger partial charge in [0.2, 0.25) is 5.91 Å². The van der Waals surface area contributed by atoms with Crippen LogP contribution in [-0.2, 0) is 18.4 Å². The Hall–Kier alpha value is -2.52. The van der Waals surface area contributed by atoms with Crippen molar-refractivity contribution in [3.8, 4) is 11.5 Å². The second-order valence-electron chi connectivity index (χ2n) is 6.58. The zero-order valence-corrected chi connectivity index (χ0v) is 19.6. The molecule has 2 aromatic carbocycles. The number of halogens is 1. The number of anilines is 1. The molecule has 0 radical (unpaired) electrons. The Labute approximate surface area is 188 Å². The van der Waals surface area contributed by atoms with Crippen molar-refractivity contribution in [3.05, 3.63) is 57.8 Å². The summed E-state index contributed by atoms with van der Waals surface area (Å²) in [5.74, 6) is 2.08. The van der Waals surface area contributed by atoms with Crippen LogP contribution in [0, 0.1) is 13.8 Å². The van der Waals surface area contributed by atoms with E-state index in [2.05, 4.69) is 31.4 Å². The number of rotatable bonds is 8. The van der Waals surface area contributed by atoms with Crippen LogP contribution in [-0.4, -0.2) is 33.5 Å². The Bertz CT molecular complexity index is 1050. The van der Waals surface area contributed by atoms with Crippen molar-refractivity contribution < 1.29 is 14.3 Å². The van der Waals surface area contributed by atoms with Crippen molar-refractivity contribution in [1.29, 1.82) is 0 Å². The number of amides is 1. The molecule has 0 aliphatic carbocycles. The average molecular weight is 491 g/mol. The Morgan fingerprint density at radius 3 is 2.60 bits per heavy atom. The van der Waals surface area contributed by atoms with Gasteiger partial charge in [0.25, 0.3) is 0 Å². The highest BCUT2D eigenvalue weighted by Crippen LogP contribution is 2.28. The minimum atomic E-state index is -0.0976. The number of nitrogens with zero attached hydrogens (tertiary/aromatic N) is 3. The minimum absolute atomic E-state index is 0.0976. The molecule has 0 bridgehead atoms. The van der Waals surface area contributed by atoms with Crippen LogP contribution < -0.4 is 14.8 Å². The van der Waals surface area contributed by atoms with Gasteiger partial charge in [0, 0.05) is 17.2 Å². The van der Waals surface area contributed by atoms with Crippen LogP contribution in [0.3, 0.4) is 0 Å². The molecule has 3 rings (SSSR count). The highest BCUT2D eigenvalue weighted by molar-refractivity contribution is 9.10. The molecule has 0 spiro atoms. The monoisotopic (exact) mass is 490 g/mol. The topological polar surface area (TPSA) is 78.3 Å². The fourth-order valence-electron chi connectivity index (χ4n) is 2.72. The zero-order chi connectivity index (χ0) is 21.7. The van der Waals surface area contributed by atoms with Crippen molar-refractivity contribution in [1.82, 2.24) is 14.8 Å². The third-order valence-electron chi connectivity index (χ3n) is 4.68. The lowest BCUT2D eigenvalue weighted by atomic mass is 10.1. The van der Waals surface area contributed by atoms with Gasteiger partial charge in [-0.25, -0.2) is 0 Å². The number of carbonyl (C=O) groups is 1. The number of ether oxygens (including phenoxy) is 2. The van der Waals surface area contributed by atoms with Crippen LogP contribution in [0.25, 0.3) is 0 Å². The molecule has 0 aliphatic rings. The number of benzene rings is 2. The summed E-state index contributed by atoms with van der Waals surface area (Å²) >= 11 is 4.83. The van der Waals surface area contributed by atoms with E-state index >= 15 is 0 Å². The van der Waals surface area contributed by atoms with Gasteiger partial charge < -0.3 is 19.4 Å². The molecule has 158 valence electrons. The van der Waals surface area contributed by atoms with Crippen LogP contribution in [0.1, 0.15) is 17.0 Å². The lowest BCUT2D eigenvalue weighted by molar-refractivity contribution is -0.113. The van der Waals surface area contributed by atoms with Gasteiger partial charge in [-0.05, 0) is 49.2 Å². The molecule has 1 N–H and O–H groups in total. The van der Waals surface area contributed by atoms with Gasteiger partial charge in [-0.1, -0.05) is 39.8 Å². The van der Waals surface area contributed by atoms with Gasteiger partial charge in [-0.15, -0.1) is 10.2 Å². The molecule has 0 fully saturated rings. The van der Waals surface area contributed by atoms with E-state index in [9.17, 15) is 4.79 Å². The molecule has 0 atom stereocenters. The lowest BCUT2D eigenvalue weighted by Gasteiger charge is -2.12. The number of hydrogen-bond acceptors (Lipinski definition) is 6. The summed E-state index contributed by atoms with van der Waals surface area (Å²) in [6, 6.07) is 11.3. The SMILES string of the molecule is COc1ccccc1OCc1nnc(SCC(=O)Nc2ccc(Br)c(C)c2C)n1C. The summed E-state index contributed by atoms with van der Waals surface area (Å²) in [6.45, 7) is 4.24. The van der Waals surface area contributed by atoms with Crippen LogP contribution in [0.2, 0.25) is 0 Å². The Balaban J connectivity index is 1.57. The van der Waals surface area contributed by atoms with E-state index in [1.54, 1.807) is 7.11 Å². The van der Waals surface area contributed by atoms with Crippen LogP contribution in [0.4, 0.5) is 5.69 Å². The van der Waals surface area contributed by atoms with Crippen molar-refractivity contribution in [2.75, 3.05) is 18.2 Å². The highest BCUT2D eigenvalue weighted by Gasteiger charge is 2.14. The summed E-state index contributed by atoms with van der Waals surface area (Å²) in [5.41, 5.74) is 2.95. The van der Waals surface area contributed by atoms with E-state index in [4.69, 9.17) is 9.47 Å². The van der Waals surface area contributed by atoms with Gasteiger partial charge in [-0.2, -0.15) is 0 Å². The number of carbonyl (C=O) groups excluding carboxylic acids is 1. The molecule has 30 heavy (non-hydrogen) atoms. The van der Waals surface area contributed by atoms with E-state index in [1.165, 1.54) is 11.8 Å². The average Bonchev–Trinajstić information content (AvgIpc) is 3.10. The second-order valence-corrected chi connectivity index (χ2v) is 8.38. The van der Waals surface area contributed by atoms with Crippen LogP contribution in [0.5, 0.6) is 11.5 Å². The fraction of sp³-hybridized carbons (Fsp3) is 0.286. The summed E-state index contributed by atoms with van der Waals surface area (Å²) < 4.78 is 13.9. The maximum Gasteiger partial charge on any atom is 0.234 e. The summed E-state index contributed by atoms with van der Waals surface area (Å²) in [5, 5.41) is 11.9. The Kier molecular flexibility index (Phi) is 7.38. The standard InChI is InChI=1S/C21H23BrN4O3S/c1-13-14(2)16(10-9-15(13)22)23-20(27)12-30-21-25-24-19(26(21)3)11-29-18-8-6-5-7-17(18)28-4/h5-10H,11-12H2,1-4H3,(H,23,27). The van der Waals surface area contributed by atoms with E-state index in [1.807, 2.05) is 61.9 Å². The zero-order valence-electron chi connectivity index (χ0n) is 17.2. The number of thioether (sulfide) groups is 1. The van der Waals surface area contributed by atoms with Crippen molar-refractivity contribution in [2.24, 2.45) is 7.05 Å². The normalized spacial score (nSPS) is 10.7. The van der Waals surface area contributed by atoms with Crippen molar-refractivity contribution in [2.45, 2.75) is 25.6 Å². The summed E-state index contributed by atoms with van der Waals surface area (Å²) in [6.07, 6.45) is 0. The van der Waals surface area contributed by atoms with Gasteiger partial charge >= 0.3 is 0 Å². The van der Waals surface area contributed by atoms with E-state index in [0.29, 0.717) is 22.5 Å². The minimum Gasteiger partial charge on any atom is -0.493 e. The number of para-hydroxylation sites is 2. The first-order chi connectivity index (χ1) is 14.4. The first kappa shape index (κ1) is 22.2. The summed E-state index contributed by atoms with van der Waals surface area (Å²) in [4.78, 5) is 12.4.